The quantitative estimate of drug-likeness (QED) is 0.424. The molecule has 1 aliphatic rings. The van der Waals surface area contributed by atoms with Gasteiger partial charge in [0.15, 0.2) is 11.0 Å². The number of methoxy groups -OCH3 is 1. The van der Waals surface area contributed by atoms with Crippen LogP contribution in [0.15, 0.2) is 84.0 Å². The van der Waals surface area contributed by atoms with Crippen molar-refractivity contribution in [3.63, 3.8) is 0 Å². The Kier molecular flexibility index (Phi) is 5.75. The Labute approximate surface area is 196 Å². The second-order valence-electron chi connectivity index (χ2n) is 7.65. The standard InChI is InChI=1S/C25H23N5O2S/c1-29-21-11-7-6-10-20(21)23-27-28-25(30(23)24(29)17-8-4-3-5-9-17)33-16-22(31)26-18-12-14-19(32-2)15-13-18/h3-15,24H,16H2,1-2H3,(H,26,31). The average molecular weight is 458 g/mol. The number of fused-ring (bicyclic) bond motifs is 3. The number of amides is 1. The van der Waals surface area contributed by atoms with Crippen LogP contribution < -0.4 is 15.0 Å². The second kappa shape index (κ2) is 8.99. The van der Waals surface area contributed by atoms with Gasteiger partial charge in [-0.05, 0) is 42.0 Å². The molecule has 33 heavy (non-hydrogen) atoms. The number of aromatic nitrogens is 3. The third-order valence-electron chi connectivity index (χ3n) is 5.60. The number of rotatable bonds is 6. The molecule has 0 fully saturated rings. The van der Waals surface area contributed by atoms with E-state index in [2.05, 4.69) is 56.3 Å². The highest BCUT2D eigenvalue weighted by Gasteiger charge is 2.33. The van der Waals surface area contributed by atoms with Crippen molar-refractivity contribution < 1.29 is 9.53 Å². The van der Waals surface area contributed by atoms with Crippen molar-refractivity contribution in [2.45, 2.75) is 11.3 Å². The number of para-hydroxylation sites is 1. The molecule has 0 bridgehead atoms. The lowest BCUT2D eigenvalue weighted by Gasteiger charge is -2.37. The van der Waals surface area contributed by atoms with Crippen LogP contribution in [0.4, 0.5) is 11.4 Å². The zero-order valence-electron chi connectivity index (χ0n) is 18.3. The second-order valence-corrected chi connectivity index (χ2v) is 8.60. The summed E-state index contributed by atoms with van der Waals surface area (Å²) in [6, 6.07) is 25.7. The van der Waals surface area contributed by atoms with Crippen LogP contribution >= 0.6 is 11.8 Å². The molecule has 0 saturated heterocycles. The Bertz CT molecular complexity index is 1270. The molecule has 8 heteroatoms. The van der Waals surface area contributed by atoms with Crippen molar-refractivity contribution in [1.82, 2.24) is 14.8 Å². The third-order valence-corrected chi connectivity index (χ3v) is 6.55. The van der Waals surface area contributed by atoms with Gasteiger partial charge in [-0.3, -0.25) is 9.36 Å². The van der Waals surface area contributed by atoms with Gasteiger partial charge in [-0.1, -0.05) is 54.2 Å². The number of nitrogens with one attached hydrogen (secondary N) is 1. The number of anilines is 2. The summed E-state index contributed by atoms with van der Waals surface area (Å²) in [5.41, 5.74) is 3.97. The molecule has 1 aromatic heterocycles. The summed E-state index contributed by atoms with van der Waals surface area (Å²) < 4.78 is 7.28. The van der Waals surface area contributed by atoms with Crippen LogP contribution in [-0.2, 0) is 4.79 Å². The fraction of sp³-hybridized carbons (Fsp3) is 0.160. The first kappa shape index (κ1) is 21.1. The van der Waals surface area contributed by atoms with Crippen molar-refractivity contribution in [2.24, 2.45) is 0 Å². The van der Waals surface area contributed by atoms with Crippen molar-refractivity contribution in [3.05, 3.63) is 84.4 Å². The van der Waals surface area contributed by atoms with E-state index in [-0.39, 0.29) is 17.8 Å². The molecule has 3 aromatic carbocycles. The molecule has 0 aliphatic carbocycles. The Morgan fingerprint density at radius 2 is 1.73 bits per heavy atom. The molecule has 4 aromatic rings. The van der Waals surface area contributed by atoms with E-state index in [9.17, 15) is 4.79 Å². The summed E-state index contributed by atoms with van der Waals surface area (Å²) in [6.45, 7) is 0. The molecule has 1 aliphatic heterocycles. The fourth-order valence-corrected chi connectivity index (χ4v) is 4.81. The molecule has 166 valence electrons. The van der Waals surface area contributed by atoms with Gasteiger partial charge in [0, 0.05) is 24.0 Å². The summed E-state index contributed by atoms with van der Waals surface area (Å²) in [5, 5.41) is 12.6. The molecule has 2 heterocycles. The van der Waals surface area contributed by atoms with Crippen LogP contribution in [0.2, 0.25) is 0 Å². The zero-order valence-corrected chi connectivity index (χ0v) is 19.1. The van der Waals surface area contributed by atoms with Gasteiger partial charge in [-0.15, -0.1) is 10.2 Å². The number of carbonyl (C=O) groups excluding carboxylic acids is 1. The van der Waals surface area contributed by atoms with Crippen LogP contribution in [0, 0.1) is 0 Å². The highest BCUT2D eigenvalue weighted by Crippen LogP contribution is 2.43. The number of thioether (sulfide) groups is 1. The van der Waals surface area contributed by atoms with E-state index in [1.54, 1.807) is 7.11 Å². The van der Waals surface area contributed by atoms with Gasteiger partial charge in [-0.2, -0.15) is 0 Å². The minimum absolute atomic E-state index is 0.108. The van der Waals surface area contributed by atoms with Crippen LogP contribution in [0.1, 0.15) is 11.7 Å². The summed E-state index contributed by atoms with van der Waals surface area (Å²) >= 11 is 1.38. The van der Waals surface area contributed by atoms with Crippen molar-refractivity contribution in [2.75, 3.05) is 30.1 Å². The number of hydrogen-bond acceptors (Lipinski definition) is 6. The molecule has 0 radical (unpaired) electrons. The van der Waals surface area contributed by atoms with E-state index in [0.29, 0.717) is 5.16 Å². The maximum absolute atomic E-state index is 12.6. The zero-order chi connectivity index (χ0) is 22.8. The number of benzene rings is 3. The van der Waals surface area contributed by atoms with E-state index in [0.717, 1.165) is 34.1 Å². The number of nitrogens with zero attached hydrogens (tertiary/aromatic N) is 4. The van der Waals surface area contributed by atoms with Gasteiger partial charge in [0.2, 0.25) is 5.91 Å². The number of carbonyl (C=O) groups is 1. The number of hydrogen-bond donors (Lipinski definition) is 1. The minimum Gasteiger partial charge on any atom is -0.497 e. The third kappa shape index (κ3) is 4.05. The summed E-state index contributed by atoms with van der Waals surface area (Å²) in [5.74, 6) is 1.66. The molecule has 1 atom stereocenters. The summed E-state index contributed by atoms with van der Waals surface area (Å²) in [6.07, 6.45) is -0.113. The molecule has 0 saturated carbocycles. The predicted octanol–water partition coefficient (Wildman–Crippen LogP) is 4.68. The average Bonchev–Trinajstić information content (AvgIpc) is 3.28. The van der Waals surface area contributed by atoms with Gasteiger partial charge in [-0.25, -0.2) is 0 Å². The molecule has 5 rings (SSSR count). The molecule has 1 N–H and O–H groups in total. The Morgan fingerprint density at radius 3 is 2.48 bits per heavy atom. The van der Waals surface area contributed by atoms with E-state index in [1.807, 2.05) is 54.6 Å². The minimum atomic E-state index is -0.113. The highest BCUT2D eigenvalue weighted by molar-refractivity contribution is 7.99. The molecule has 7 nitrogen and oxygen atoms in total. The molecule has 1 amide bonds. The van der Waals surface area contributed by atoms with Crippen molar-refractivity contribution in [1.29, 1.82) is 0 Å². The summed E-state index contributed by atoms with van der Waals surface area (Å²) in [4.78, 5) is 14.8. The predicted molar refractivity (Wildman–Crippen MR) is 131 cm³/mol. The summed E-state index contributed by atoms with van der Waals surface area (Å²) in [7, 11) is 3.69. The maximum Gasteiger partial charge on any atom is 0.234 e. The lowest BCUT2D eigenvalue weighted by atomic mass is 10.0. The van der Waals surface area contributed by atoms with E-state index < -0.39 is 0 Å². The van der Waals surface area contributed by atoms with Crippen molar-refractivity contribution >= 4 is 29.0 Å². The van der Waals surface area contributed by atoms with Gasteiger partial charge in [0.1, 0.15) is 11.9 Å². The Hall–Kier alpha value is -3.78. The normalized spacial score (nSPS) is 14.4. The first-order chi connectivity index (χ1) is 16.2. The molecular weight excluding hydrogens is 434 g/mol. The van der Waals surface area contributed by atoms with Crippen LogP contribution in [-0.4, -0.2) is 40.6 Å². The molecule has 0 spiro atoms. The van der Waals surface area contributed by atoms with Gasteiger partial charge in [0.05, 0.1) is 12.9 Å². The fourth-order valence-electron chi connectivity index (χ4n) is 4.05. The topological polar surface area (TPSA) is 72.3 Å². The van der Waals surface area contributed by atoms with Gasteiger partial charge >= 0.3 is 0 Å². The van der Waals surface area contributed by atoms with E-state index in [1.165, 1.54) is 11.8 Å². The SMILES string of the molecule is COc1ccc(NC(=O)CSc2nnc3n2C(c2ccccc2)N(C)c2ccccc2-3)cc1. The van der Waals surface area contributed by atoms with Crippen molar-refractivity contribution in [3.8, 4) is 17.1 Å². The van der Waals surface area contributed by atoms with Crippen LogP contribution in [0.5, 0.6) is 5.75 Å². The van der Waals surface area contributed by atoms with E-state index in [4.69, 9.17) is 4.74 Å². The highest BCUT2D eigenvalue weighted by atomic mass is 32.2. The van der Waals surface area contributed by atoms with Crippen LogP contribution in [0.3, 0.4) is 0 Å². The lowest BCUT2D eigenvalue weighted by molar-refractivity contribution is -0.113. The first-order valence-corrected chi connectivity index (χ1v) is 11.5. The van der Waals surface area contributed by atoms with Gasteiger partial charge < -0.3 is 15.0 Å². The van der Waals surface area contributed by atoms with Crippen LogP contribution in [0.25, 0.3) is 11.4 Å². The largest absolute Gasteiger partial charge is 0.497 e. The Balaban J connectivity index is 1.42. The number of ether oxygens (including phenoxy) is 1. The monoisotopic (exact) mass is 457 g/mol. The Morgan fingerprint density at radius 1 is 1.00 bits per heavy atom. The first-order valence-electron chi connectivity index (χ1n) is 10.5. The lowest BCUT2D eigenvalue weighted by Crippen LogP contribution is -2.34. The molecule has 1 unspecified atom stereocenters. The maximum atomic E-state index is 12.6. The van der Waals surface area contributed by atoms with Gasteiger partial charge in [0.25, 0.3) is 0 Å². The molecular formula is C25H23N5O2S. The smallest absolute Gasteiger partial charge is 0.234 e. The van der Waals surface area contributed by atoms with E-state index >= 15 is 0 Å².